The van der Waals surface area contributed by atoms with Crippen LogP contribution in [0.25, 0.3) is 16.7 Å². The van der Waals surface area contributed by atoms with Crippen molar-refractivity contribution in [3.05, 3.63) is 59.4 Å². The lowest BCUT2D eigenvalue weighted by Crippen LogP contribution is -2.02. The molecule has 0 saturated carbocycles. The molecule has 106 valence electrons. The van der Waals surface area contributed by atoms with Gasteiger partial charge in [0.1, 0.15) is 11.3 Å². The van der Waals surface area contributed by atoms with Crippen molar-refractivity contribution in [2.24, 2.45) is 0 Å². The molecule has 1 aromatic heterocycles. The zero-order chi connectivity index (χ0) is 15.0. The topological polar surface area (TPSA) is 55.1 Å². The van der Waals surface area contributed by atoms with E-state index in [0.717, 1.165) is 29.0 Å². The van der Waals surface area contributed by atoms with Gasteiger partial charge in [-0.3, -0.25) is 4.57 Å². The molecule has 4 nitrogen and oxygen atoms in total. The monoisotopic (exact) mass is 280 g/mol. The van der Waals surface area contributed by atoms with Gasteiger partial charge in [0, 0.05) is 6.42 Å². The van der Waals surface area contributed by atoms with Crippen LogP contribution in [0.15, 0.2) is 42.5 Å². The van der Waals surface area contributed by atoms with E-state index >= 15 is 0 Å². The van der Waals surface area contributed by atoms with Crippen molar-refractivity contribution in [1.82, 2.24) is 9.55 Å². The third-order valence-corrected chi connectivity index (χ3v) is 3.66. The second kappa shape index (κ2) is 5.05. The molecule has 1 heterocycles. The molecule has 0 atom stereocenters. The summed E-state index contributed by atoms with van der Waals surface area (Å²) in [5.74, 6) is -0.0781. The van der Waals surface area contributed by atoms with Crippen molar-refractivity contribution in [3.63, 3.8) is 0 Å². The SMILES string of the molecule is CCc1nc2c(C(=O)O)cccc2n1-c1ccccc1C. The van der Waals surface area contributed by atoms with Gasteiger partial charge in [0.05, 0.1) is 16.8 Å². The summed E-state index contributed by atoms with van der Waals surface area (Å²) >= 11 is 0. The minimum Gasteiger partial charge on any atom is -0.478 e. The number of imidazole rings is 1. The second-order valence-electron chi connectivity index (χ2n) is 4.98. The first kappa shape index (κ1) is 13.4. The molecule has 21 heavy (non-hydrogen) atoms. The highest BCUT2D eigenvalue weighted by Gasteiger charge is 2.17. The van der Waals surface area contributed by atoms with E-state index in [1.807, 2.05) is 44.2 Å². The van der Waals surface area contributed by atoms with Crippen LogP contribution >= 0.6 is 0 Å². The van der Waals surface area contributed by atoms with Crippen molar-refractivity contribution >= 4 is 17.0 Å². The maximum Gasteiger partial charge on any atom is 0.337 e. The Bertz CT molecular complexity index is 834. The minimum atomic E-state index is -0.947. The maximum absolute atomic E-state index is 11.4. The number of aryl methyl sites for hydroxylation is 2. The predicted molar refractivity (Wildman–Crippen MR) is 82.1 cm³/mol. The van der Waals surface area contributed by atoms with Crippen LogP contribution in [0.5, 0.6) is 0 Å². The molecule has 3 aromatic rings. The largest absolute Gasteiger partial charge is 0.478 e. The summed E-state index contributed by atoms with van der Waals surface area (Å²) in [6.45, 7) is 4.07. The van der Waals surface area contributed by atoms with E-state index in [0.29, 0.717) is 5.52 Å². The number of aromatic carboxylic acids is 1. The van der Waals surface area contributed by atoms with E-state index in [4.69, 9.17) is 0 Å². The third-order valence-electron chi connectivity index (χ3n) is 3.66. The Hall–Kier alpha value is -2.62. The minimum absolute atomic E-state index is 0.245. The fourth-order valence-electron chi connectivity index (χ4n) is 2.64. The highest BCUT2D eigenvalue weighted by Crippen LogP contribution is 2.26. The number of para-hydroxylation sites is 2. The summed E-state index contributed by atoms with van der Waals surface area (Å²) in [5, 5.41) is 9.33. The van der Waals surface area contributed by atoms with Gasteiger partial charge < -0.3 is 5.11 Å². The van der Waals surface area contributed by atoms with Crippen LogP contribution in [-0.2, 0) is 6.42 Å². The van der Waals surface area contributed by atoms with Gasteiger partial charge in [-0.2, -0.15) is 0 Å². The number of rotatable bonds is 3. The van der Waals surface area contributed by atoms with Crippen LogP contribution in [0.4, 0.5) is 0 Å². The Morgan fingerprint density at radius 2 is 1.95 bits per heavy atom. The number of carbonyl (C=O) groups is 1. The Balaban J connectivity index is 2.40. The fraction of sp³-hybridized carbons (Fsp3) is 0.176. The highest BCUT2D eigenvalue weighted by molar-refractivity contribution is 6.01. The first-order valence-electron chi connectivity index (χ1n) is 6.93. The first-order chi connectivity index (χ1) is 10.1. The normalized spacial score (nSPS) is 11.0. The van der Waals surface area contributed by atoms with Crippen molar-refractivity contribution in [2.75, 3.05) is 0 Å². The lowest BCUT2D eigenvalue weighted by atomic mass is 10.1. The molecule has 0 aliphatic heterocycles. The fourth-order valence-corrected chi connectivity index (χ4v) is 2.64. The highest BCUT2D eigenvalue weighted by atomic mass is 16.4. The molecule has 0 aliphatic rings. The summed E-state index contributed by atoms with van der Waals surface area (Å²) in [6, 6.07) is 13.3. The average Bonchev–Trinajstić information content (AvgIpc) is 2.85. The van der Waals surface area contributed by atoms with Crippen molar-refractivity contribution in [2.45, 2.75) is 20.3 Å². The van der Waals surface area contributed by atoms with Crippen LogP contribution in [0.2, 0.25) is 0 Å². The molecule has 2 aromatic carbocycles. The Labute approximate surface area is 122 Å². The molecule has 0 fully saturated rings. The zero-order valence-electron chi connectivity index (χ0n) is 12.0. The van der Waals surface area contributed by atoms with E-state index in [-0.39, 0.29) is 5.56 Å². The van der Waals surface area contributed by atoms with Gasteiger partial charge in [-0.05, 0) is 30.7 Å². The van der Waals surface area contributed by atoms with Gasteiger partial charge in [-0.1, -0.05) is 31.2 Å². The number of carboxylic acid groups (broad SMARTS) is 1. The number of aromatic nitrogens is 2. The molecule has 0 saturated heterocycles. The average molecular weight is 280 g/mol. The summed E-state index contributed by atoms with van der Waals surface area (Å²) in [6.07, 6.45) is 0.738. The van der Waals surface area contributed by atoms with Gasteiger partial charge in [0.2, 0.25) is 0 Å². The maximum atomic E-state index is 11.4. The number of nitrogens with zero attached hydrogens (tertiary/aromatic N) is 2. The molecule has 4 heteroatoms. The van der Waals surface area contributed by atoms with E-state index in [9.17, 15) is 9.90 Å². The summed E-state index contributed by atoms with van der Waals surface area (Å²) in [7, 11) is 0. The predicted octanol–water partition coefficient (Wildman–Crippen LogP) is 3.59. The summed E-state index contributed by atoms with van der Waals surface area (Å²) < 4.78 is 2.05. The molecular formula is C17H16N2O2. The van der Waals surface area contributed by atoms with Crippen LogP contribution in [-0.4, -0.2) is 20.6 Å². The molecular weight excluding hydrogens is 264 g/mol. The molecule has 0 unspecified atom stereocenters. The van der Waals surface area contributed by atoms with Gasteiger partial charge in [-0.15, -0.1) is 0 Å². The standard InChI is InChI=1S/C17H16N2O2/c1-3-15-18-16-12(17(20)21)8-6-10-14(16)19(15)13-9-5-4-7-11(13)2/h4-10H,3H2,1-2H3,(H,20,21). The Morgan fingerprint density at radius 1 is 1.19 bits per heavy atom. The number of hydrogen-bond donors (Lipinski definition) is 1. The second-order valence-corrected chi connectivity index (χ2v) is 4.98. The zero-order valence-corrected chi connectivity index (χ0v) is 12.0. The Kier molecular flexibility index (Phi) is 3.22. The number of benzene rings is 2. The van der Waals surface area contributed by atoms with Crippen molar-refractivity contribution in [1.29, 1.82) is 0 Å². The molecule has 3 rings (SSSR count). The summed E-state index contributed by atoms with van der Waals surface area (Å²) in [5.41, 5.74) is 3.80. The van der Waals surface area contributed by atoms with Gasteiger partial charge >= 0.3 is 5.97 Å². The van der Waals surface area contributed by atoms with Crippen LogP contribution in [0, 0.1) is 6.92 Å². The van der Waals surface area contributed by atoms with Crippen molar-refractivity contribution in [3.8, 4) is 5.69 Å². The Morgan fingerprint density at radius 3 is 2.62 bits per heavy atom. The smallest absolute Gasteiger partial charge is 0.337 e. The molecule has 1 N–H and O–H groups in total. The number of carboxylic acids is 1. The number of hydrogen-bond acceptors (Lipinski definition) is 2. The number of fused-ring (bicyclic) bond motifs is 1. The van der Waals surface area contributed by atoms with Crippen molar-refractivity contribution < 1.29 is 9.90 Å². The van der Waals surface area contributed by atoms with E-state index in [2.05, 4.69) is 9.55 Å². The molecule has 0 radical (unpaired) electrons. The van der Waals surface area contributed by atoms with E-state index in [1.54, 1.807) is 12.1 Å². The molecule has 0 amide bonds. The lowest BCUT2D eigenvalue weighted by Gasteiger charge is -2.11. The quantitative estimate of drug-likeness (QED) is 0.797. The molecule has 0 aliphatic carbocycles. The van der Waals surface area contributed by atoms with Crippen LogP contribution in [0.1, 0.15) is 28.7 Å². The third kappa shape index (κ3) is 2.09. The summed E-state index contributed by atoms with van der Waals surface area (Å²) in [4.78, 5) is 15.9. The van der Waals surface area contributed by atoms with Gasteiger partial charge in [0.15, 0.2) is 0 Å². The van der Waals surface area contributed by atoms with Crippen LogP contribution in [0.3, 0.4) is 0 Å². The van der Waals surface area contributed by atoms with Crippen LogP contribution < -0.4 is 0 Å². The molecule has 0 spiro atoms. The van der Waals surface area contributed by atoms with Gasteiger partial charge in [0.25, 0.3) is 0 Å². The lowest BCUT2D eigenvalue weighted by molar-refractivity contribution is 0.0699. The first-order valence-corrected chi connectivity index (χ1v) is 6.93. The molecule has 0 bridgehead atoms. The van der Waals surface area contributed by atoms with E-state index in [1.165, 1.54) is 0 Å². The van der Waals surface area contributed by atoms with Gasteiger partial charge in [-0.25, -0.2) is 9.78 Å². The van der Waals surface area contributed by atoms with E-state index < -0.39 is 5.97 Å².